The minimum atomic E-state index is -0.615. The molecule has 0 saturated heterocycles. The van der Waals surface area contributed by atoms with Crippen LogP contribution in [-0.2, 0) is 6.42 Å². The third kappa shape index (κ3) is 4.44. The Balaban J connectivity index is 1.89. The number of hydrogen-bond donors (Lipinski definition) is 1. The van der Waals surface area contributed by atoms with Crippen LogP contribution in [-0.4, -0.2) is 5.11 Å². The molecule has 1 nitrogen and oxygen atoms in total. The summed E-state index contributed by atoms with van der Waals surface area (Å²) in [5.41, 5.74) is 1.88. The molecule has 0 bridgehead atoms. The normalized spacial score (nSPS) is 12.4. The van der Waals surface area contributed by atoms with E-state index >= 15 is 0 Å². The van der Waals surface area contributed by atoms with Crippen LogP contribution in [0.3, 0.4) is 0 Å². The first-order valence-electron chi connectivity index (χ1n) is 6.33. The molecule has 0 amide bonds. The minimum Gasteiger partial charge on any atom is -0.388 e. The van der Waals surface area contributed by atoms with Gasteiger partial charge in [-0.1, -0.05) is 46.3 Å². The molecule has 3 heteroatoms. The molecule has 0 aliphatic heterocycles. The monoisotopic (exact) mass is 322 g/mol. The lowest BCUT2D eigenvalue weighted by Gasteiger charge is -2.11. The molecule has 19 heavy (non-hydrogen) atoms. The summed E-state index contributed by atoms with van der Waals surface area (Å²) in [6.45, 7) is 0. The van der Waals surface area contributed by atoms with Gasteiger partial charge in [-0.3, -0.25) is 0 Å². The maximum absolute atomic E-state index is 13.2. The van der Waals surface area contributed by atoms with Crippen LogP contribution >= 0.6 is 15.9 Å². The maximum atomic E-state index is 13.2. The van der Waals surface area contributed by atoms with Crippen molar-refractivity contribution < 1.29 is 9.50 Å². The van der Waals surface area contributed by atoms with Crippen molar-refractivity contribution in [2.75, 3.05) is 0 Å². The van der Waals surface area contributed by atoms with Crippen molar-refractivity contribution in [3.8, 4) is 0 Å². The van der Waals surface area contributed by atoms with Crippen LogP contribution in [0.5, 0.6) is 0 Å². The van der Waals surface area contributed by atoms with E-state index in [0.29, 0.717) is 16.5 Å². The van der Waals surface area contributed by atoms with Crippen molar-refractivity contribution >= 4 is 15.9 Å². The quantitative estimate of drug-likeness (QED) is 0.849. The molecule has 0 aliphatic rings. The molecule has 0 aliphatic carbocycles. The molecule has 0 heterocycles. The van der Waals surface area contributed by atoms with Gasteiger partial charge in [0.2, 0.25) is 0 Å². The topological polar surface area (TPSA) is 20.2 Å². The predicted octanol–water partition coefficient (Wildman–Crippen LogP) is 4.64. The highest BCUT2D eigenvalue weighted by Crippen LogP contribution is 2.24. The predicted molar refractivity (Wildman–Crippen MR) is 78.4 cm³/mol. The SMILES string of the molecule is OC(CCCc1ccccc1)c1cc(F)cc(Br)c1. The first kappa shape index (κ1) is 14.2. The summed E-state index contributed by atoms with van der Waals surface area (Å²) in [4.78, 5) is 0. The van der Waals surface area contributed by atoms with Gasteiger partial charge in [-0.25, -0.2) is 4.39 Å². The van der Waals surface area contributed by atoms with E-state index in [-0.39, 0.29) is 5.82 Å². The van der Waals surface area contributed by atoms with Gasteiger partial charge in [0.25, 0.3) is 0 Å². The summed E-state index contributed by atoms with van der Waals surface area (Å²) in [5.74, 6) is -0.327. The number of halogens is 2. The number of rotatable bonds is 5. The molecule has 1 N–H and O–H groups in total. The molecule has 2 rings (SSSR count). The second kappa shape index (κ2) is 6.83. The van der Waals surface area contributed by atoms with E-state index in [1.165, 1.54) is 17.7 Å². The highest BCUT2D eigenvalue weighted by molar-refractivity contribution is 9.10. The highest BCUT2D eigenvalue weighted by atomic mass is 79.9. The molecular formula is C16H16BrFO. The smallest absolute Gasteiger partial charge is 0.124 e. The Morgan fingerprint density at radius 1 is 1.11 bits per heavy atom. The van der Waals surface area contributed by atoms with Crippen molar-refractivity contribution in [1.82, 2.24) is 0 Å². The van der Waals surface area contributed by atoms with E-state index in [2.05, 4.69) is 28.1 Å². The average molecular weight is 323 g/mol. The molecule has 0 fully saturated rings. The Labute approximate surface area is 121 Å². The van der Waals surface area contributed by atoms with Crippen LogP contribution in [0.2, 0.25) is 0 Å². The Bertz CT molecular complexity index is 507. The van der Waals surface area contributed by atoms with Crippen LogP contribution in [0.1, 0.15) is 30.1 Å². The van der Waals surface area contributed by atoms with Crippen LogP contribution in [0.4, 0.5) is 4.39 Å². The molecule has 0 radical (unpaired) electrons. The van der Waals surface area contributed by atoms with E-state index in [1.807, 2.05) is 18.2 Å². The summed E-state index contributed by atoms with van der Waals surface area (Å²) in [6, 6.07) is 14.7. The maximum Gasteiger partial charge on any atom is 0.124 e. The van der Waals surface area contributed by atoms with E-state index in [0.717, 1.165) is 12.8 Å². The molecule has 1 unspecified atom stereocenters. The Hall–Kier alpha value is -1.19. The fourth-order valence-corrected chi connectivity index (χ4v) is 2.56. The van der Waals surface area contributed by atoms with Gasteiger partial charge < -0.3 is 5.11 Å². The molecule has 1 atom stereocenters. The first-order valence-corrected chi connectivity index (χ1v) is 7.12. The molecule has 0 spiro atoms. The van der Waals surface area contributed by atoms with Crippen LogP contribution in [0.15, 0.2) is 53.0 Å². The highest BCUT2D eigenvalue weighted by Gasteiger charge is 2.09. The van der Waals surface area contributed by atoms with Gasteiger partial charge in [0.05, 0.1) is 6.10 Å². The number of aryl methyl sites for hydroxylation is 1. The third-order valence-corrected chi connectivity index (χ3v) is 3.51. The lowest BCUT2D eigenvalue weighted by atomic mass is 10.0. The number of benzene rings is 2. The lowest BCUT2D eigenvalue weighted by molar-refractivity contribution is 0.164. The van der Waals surface area contributed by atoms with Crippen LogP contribution in [0, 0.1) is 5.82 Å². The molecule has 0 aromatic heterocycles. The van der Waals surface area contributed by atoms with E-state index < -0.39 is 6.10 Å². The lowest BCUT2D eigenvalue weighted by Crippen LogP contribution is -1.99. The average Bonchev–Trinajstić information content (AvgIpc) is 2.38. The third-order valence-electron chi connectivity index (χ3n) is 3.06. The van der Waals surface area contributed by atoms with Gasteiger partial charge >= 0.3 is 0 Å². The summed E-state index contributed by atoms with van der Waals surface area (Å²) in [6.07, 6.45) is 1.81. The van der Waals surface area contributed by atoms with E-state index in [1.54, 1.807) is 6.07 Å². The zero-order valence-corrected chi connectivity index (χ0v) is 12.1. The standard InChI is InChI=1S/C16H16BrFO/c17-14-9-13(10-15(18)11-14)16(19)8-4-7-12-5-2-1-3-6-12/h1-3,5-6,9-11,16,19H,4,7-8H2. The molecule has 2 aromatic rings. The zero-order chi connectivity index (χ0) is 13.7. The first-order chi connectivity index (χ1) is 9.15. The van der Waals surface area contributed by atoms with Gasteiger partial charge in [0.1, 0.15) is 5.82 Å². The fourth-order valence-electron chi connectivity index (χ4n) is 2.08. The summed E-state index contributed by atoms with van der Waals surface area (Å²) < 4.78 is 13.9. The molecule has 100 valence electrons. The number of hydrogen-bond acceptors (Lipinski definition) is 1. The van der Waals surface area contributed by atoms with Crippen molar-refractivity contribution in [2.45, 2.75) is 25.4 Å². The van der Waals surface area contributed by atoms with Gasteiger partial charge in [-0.2, -0.15) is 0 Å². The summed E-state index contributed by atoms with van der Waals surface area (Å²) in [7, 11) is 0. The Morgan fingerprint density at radius 3 is 2.53 bits per heavy atom. The van der Waals surface area contributed by atoms with E-state index in [4.69, 9.17) is 0 Å². The van der Waals surface area contributed by atoms with Gasteiger partial charge in [0.15, 0.2) is 0 Å². The van der Waals surface area contributed by atoms with Gasteiger partial charge in [-0.15, -0.1) is 0 Å². The molecular weight excluding hydrogens is 307 g/mol. The van der Waals surface area contributed by atoms with Crippen LogP contribution in [0.25, 0.3) is 0 Å². The zero-order valence-electron chi connectivity index (χ0n) is 10.5. The number of aliphatic hydroxyl groups excluding tert-OH is 1. The number of aliphatic hydroxyl groups is 1. The van der Waals surface area contributed by atoms with Crippen molar-refractivity contribution in [2.24, 2.45) is 0 Å². The molecule has 0 saturated carbocycles. The van der Waals surface area contributed by atoms with E-state index in [9.17, 15) is 9.50 Å². The Morgan fingerprint density at radius 2 is 1.84 bits per heavy atom. The summed E-state index contributed by atoms with van der Waals surface area (Å²) >= 11 is 3.24. The van der Waals surface area contributed by atoms with Gasteiger partial charge in [-0.05, 0) is 48.6 Å². The second-order valence-electron chi connectivity index (χ2n) is 4.60. The van der Waals surface area contributed by atoms with Crippen molar-refractivity contribution in [1.29, 1.82) is 0 Å². The van der Waals surface area contributed by atoms with Crippen LogP contribution < -0.4 is 0 Å². The van der Waals surface area contributed by atoms with Crippen molar-refractivity contribution in [3.63, 3.8) is 0 Å². The largest absolute Gasteiger partial charge is 0.388 e. The summed E-state index contributed by atoms with van der Waals surface area (Å²) in [5, 5.41) is 10.1. The van der Waals surface area contributed by atoms with Gasteiger partial charge in [0, 0.05) is 4.47 Å². The minimum absolute atomic E-state index is 0.327. The Kier molecular flexibility index (Phi) is 5.11. The molecule has 2 aromatic carbocycles. The fraction of sp³-hybridized carbons (Fsp3) is 0.250. The second-order valence-corrected chi connectivity index (χ2v) is 5.51. The van der Waals surface area contributed by atoms with Crippen molar-refractivity contribution in [3.05, 3.63) is 69.9 Å².